The summed E-state index contributed by atoms with van der Waals surface area (Å²) in [5.41, 5.74) is 2.67. The number of nitrogens with zero attached hydrogens (tertiary/aromatic N) is 2. The number of amides is 1. The molecule has 0 radical (unpaired) electrons. The second-order valence-corrected chi connectivity index (χ2v) is 4.86. The summed E-state index contributed by atoms with van der Waals surface area (Å²) >= 11 is 0. The highest BCUT2D eigenvalue weighted by Gasteiger charge is 2.08. The van der Waals surface area contributed by atoms with Crippen LogP contribution in [0.4, 0.5) is 5.95 Å². The van der Waals surface area contributed by atoms with Gasteiger partial charge in [0.1, 0.15) is 5.69 Å². The van der Waals surface area contributed by atoms with E-state index in [0.29, 0.717) is 31.3 Å². The van der Waals surface area contributed by atoms with Crippen molar-refractivity contribution in [3.05, 3.63) is 53.3 Å². The predicted octanol–water partition coefficient (Wildman–Crippen LogP) is 1.77. The van der Waals surface area contributed by atoms with E-state index in [1.54, 1.807) is 19.4 Å². The molecule has 116 valence electrons. The molecule has 1 amide bonds. The van der Waals surface area contributed by atoms with E-state index in [1.165, 1.54) is 5.56 Å². The third-order valence-corrected chi connectivity index (χ3v) is 3.01. The van der Waals surface area contributed by atoms with Gasteiger partial charge in [-0.25, -0.2) is 9.97 Å². The Morgan fingerprint density at radius 2 is 2.18 bits per heavy atom. The molecule has 1 aromatic carbocycles. The highest BCUT2D eigenvalue weighted by atomic mass is 16.5. The lowest BCUT2D eigenvalue weighted by molar-refractivity contribution is 0.0932. The first-order valence-corrected chi connectivity index (χ1v) is 7.08. The first kappa shape index (κ1) is 15.9. The molecule has 0 saturated carbocycles. The zero-order valence-corrected chi connectivity index (χ0v) is 12.8. The number of aromatic nitrogens is 2. The average Bonchev–Trinajstić information content (AvgIpc) is 2.53. The van der Waals surface area contributed by atoms with Crippen LogP contribution in [0.2, 0.25) is 0 Å². The lowest BCUT2D eigenvalue weighted by Gasteiger charge is -2.07. The first-order valence-electron chi connectivity index (χ1n) is 7.08. The second-order valence-electron chi connectivity index (χ2n) is 4.86. The van der Waals surface area contributed by atoms with Gasteiger partial charge in [0.05, 0.1) is 6.61 Å². The number of hydrogen-bond donors (Lipinski definition) is 2. The topological polar surface area (TPSA) is 76.1 Å². The summed E-state index contributed by atoms with van der Waals surface area (Å²) in [6, 6.07) is 9.76. The fourth-order valence-electron chi connectivity index (χ4n) is 1.93. The van der Waals surface area contributed by atoms with Gasteiger partial charge in [-0.2, -0.15) is 0 Å². The Labute approximate surface area is 129 Å². The molecule has 6 nitrogen and oxygen atoms in total. The third kappa shape index (κ3) is 4.82. The summed E-state index contributed by atoms with van der Waals surface area (Å²) in [5.74, 6) is 0.193. The van der Waals surface area contributed by atoms with E-state index in [-0.39, 0.29) is 5.91 Å². The van der Waals surface area contributed by atoms with Gasteiger partial charge in [0, 0.05) is 26.4 Å². The smallest absolute Gasteiger partial charge is 0.270 e. The van der Waals surface area contributed by atoms with Crippen LogP contribution in [0.3, 0.4) is 0 Å². The van der Waals surface area contributed by atoms with Crippen LogP contribution in [0, 0.1) is 6.92 Å². The van der Waals surface area contributed by atoms with Gasteiger partial charge in [-0.15, -0.1) is 0 Å². The summed E-state index contributed by atoms with van der Waals surface area (Å²) in [4.78, 5) is 20.2. The van der Waals surface area contributed by atoms with Gasteiger partial charge in [-0.3, -0.25) is 4.79 Å². The SMILES string of the molecule is COCCNC(=O)c1ccnc(NCc2cccc(C)c2)n1. The molecule has 0 aliphatic rings. The molecule has 1 heterocycles. The summed E-state index contributed by atoms with van der Waals surface area (Å²) in [6.45, 7) is 3.57. The largest absolute Gasteiger partial charge is 0.383 e. The maximum Gasteiger partial charge on any atom is 0.270 e. The Hall–Kier alpha value is -2.47. The minimum absolute atomic E-state index is 0.238. The van der Waals surface area contributed by atoms with E-state index in [2.05, 4.69) is 26.7 Å². The molecule has 2 rings (SSSR count). The highest BCUT2D eigenvalue weighted by molar-refractivity contribution is 5.92. The van der Waals surface area contributed by atoms with Crippen molar-refractivity contribution in [3.8, 4) is 0 Å². The number of rotatable bonds is 7. The van der Waals surface area contributed by atoms with Gasteiger partial charge in [-0.1, -0.05) is 29.8 Å². The molecule has 2 aromatic rings. The molecule has 0 bridgehead atoms. The summed E-state index contributed by atoms with van der Waals surface area (Å²) < 4.78 is 4.89. The molecular weight excluding hydrogens is 280 g/mol. The number of carbonyl (C=O) groups excluding carboxylic acids is 1. The molecule has 0 saturated heterocycles. The van der Waals surface area contributed by atoms with Crippen LogP contribution in [0.15, 0.2) is 36.5 Å². The Kier molecular flexibility index (Phi) is 5.85. The van der Waals surface area contributed by atoms with E-state index in [1.807, 2.05) is 25.1 Å². The van der Waals surface area contributed by atoms with Crippen molar-refractivity contribution in [2.24, 2.45) is 0 Å². The minimum Gasteiger partial charge on any atom is -0.383 e. The second kappa shape index (κ2) is 8.09. The third-order valence-electron chi connectivity index (χ3n) is 3.01. The van der Waals surface area contributed by atoms with Crippen LogP contribution in [0.1, 0.15) is 21.6 Å². The van der Waals surface area contributed by atoms with Crippen LogP contribution >= 0.6 is 0 Å². The van der Waals surface area contributed by atoms with Crippen LogP contribution in [0.25, 0.3) is 0 Å². The van der Waals surface area contributed by atoms with Crippen molar-refractivity contribution in [2.45, 2.75) is 13.5 Å². The molecule has 0 atom stereocenters. The maximum absolute atomic E-state index is 11.9. The quantitative estimate of drug-likeness (QED) is 0.762. The van der Waals surface area contributed by atoms with Crippen molar-refractivity contribution in [1.82, 2.24) is 15.3 Å². The summed E-state index contributed by atoms with van der Waals surface area (Å²) in [6.07, 6.45) is 1.57. The molecular formula is C16H20N4O2. The van der Waals surface area contributed by atoms with Crippen molar-refractivity contribution in [3.63, 3.8) is 0 Å². The molecule has 1 aromatic heterocycles. The Morgan fingerprint density at radius 3 is 2.95 bits per heavy atom. The van der Waals surface area contributed by atoms with E-state index in [4.69, 9.17) is 4.74 Å². The van der Waals surface area contributed by atoms with Gasteiger partial charge in [0.25, 0.3) is 5.91 Å². The standard InChI is InChI=1S/C16H20N4O2/c1-12-4-3-5-13(10-12)11-19-16-18-7-6-14(20-16)15(21)17-8-9-22-2/h3-7,10H,8-9,11H2,1-2H3,(H,17,21)(H,18,19,20). The lowest BCUT2D eigenvalue weighted by Crippen LogP contribution is -2.28. The number of hydrogen-bond acceptors (Lipinski definition) is 5. The first-order chi connectivity index (χ1) is 10.7. The van der Waals surface area contributed by atoms with Gasteiger partial charge >= 0.3 is 0 Å². The fourth-order valence-corrected chi connectivity index (χ4v) is 1.93. The number of aryl methyl sites for hydroxylation is 1. The van der Waals surface area contributed by atoms with Crippen LogP contribution < -0.4 is 10.6 Å². The molecule has 22 heavy (non-hydrogen) atoms. The number of benzene rings is 1. The monoisotopic (exact) mass is 300 g/mol. The average molecular weight is 300 g/mol. The number of anilines is 1. The predicted molar refractivity (Wildman–Crippen MR) is 84.7 cm³/mol. The number of methoxy groups -OCH3 is 1. The number of ether oxygens (including phenoxy) is 1. The van der Waals surface area contributed by atoms with E-state index in [0.717, 1.165) is 5.56 Å². The van der Waals surface area contributed by atoms with Gasteiger partial charge in [0.2, 0.25) is 5.95 Å². The number of nitrogens with one attached hydrogen (secondary N) is 2. The zero-order valence-electron chi connectivity index (χ0n) is 12.8. The molecule has 2 N–H and O–H groups in total. The van der Waals surface area contributed by atoms with Crippen molar-refractivity contribution in [1.29, 1.82) is 0 Å². The maximum atomic E-state index is 11.9. The molecule has 0 unspecified atom stereocenters. The van der Waals surface area contributed by atoms with Crippen LogP contribution in [0.5, 0.6) is 0 Å². The molecule has 6 heteroatoms. The Balaban J connectivity index is 1.95. The zero-order chi connectivity index (χ0) is 15.8. The van der Waals surface area contributed by atoms with Gasteiger partial charge in [0.15, 0.2) is 0 Å². The molecule has 0 aliphatic carbocycles. The van der Waals surface area contributed by atoms with Crippen LogP contribution in [-0.2, 0) is 11.3 Å². The van der Waals surface area contributed by atoms with Gasteiger partial charge < -0.3 is 15.4 Å². The van der Waals surface area contributed by atoms with Gasteiger partial charge in [-0.05, 0) is 18.6 Å². The molecule has 0 aliphatic heterocycles. The Bertz CT molecular complexity index is 631. The summed E-state index contributed by atoms with van der Waals surface area (Å²) in [7, 11) is 1.59. The van der Waals surface area contributed by atoms with E-state index < -0.39 is 0 Å². The summed E-state index contributed by atoms with van der Waals surface area (Å²) in [5, 5.41) is 5.85. The van der Waals surface area contributed by atoms with Crippen LogP contribution in [-0.4, -0.2) is 36.1 Å². The van der Waals surface area contributed by atoms with Crippen molar-refractivity contribution in [2.75, 3.05) is 25.6 Å². The normalized spacial score (nSPS) is 10.3. The van der Waals surface area contributed by atoms with E-state index in [9.17, 15) is 4.79 Å². The Morgan fingerprint density at radius 1 is 1.32 bits per heavy atom. The lowest BCUT2D eigenvalue weighted by atomic mass is 10.1. The minimum atomic E-state index is -0.238. The van der Waals surface area contributed by atoms with Crippen molar-refractivity contribution < 1.29 is 9.53 Å². The highest BCUT2D eigenvalue weighted by Crippen LogP contribution is 2.07. The molecule has 0 fully saturated rings. The number of carbonyl (C=O) groups is 1. The van der Waals surface area contributed by atoms with E-state index >= 15 is 0 Å². The fraction of sp³-hybridized carbons (Fsp3) is 0.312. The van der Waals surface area contributed by atoms with Crippen molar-refractivity contribution >= 4 is 11.9 Å². The molecule has 0 spiro atoms.